The molecule has 0 fully saturated rings. The van der Waals surface area contributed by atoms with E-state index < -0.39 is 0 Å². The van der Waals surface area contributed by atoms with Gasteiger partial charge < -0.3 is 0 Å². The van der Waals surface area contributed by atoms with Crippen molar-refractivity contribution in [2.45, 2.75) is 31.7 Å². The standard InChI is InChI=1S/C24H23N3S/c1-3-4-8-24-19(2)25-17-15-21(24)18-27-28-23-13-10-20(11-14-23)9-12-22-7-5-6-16-26-22/h4-8,10-11,13-17,27H,3,18H2,1-2H3/b8-4-. The molecule has 4 heteroatoms. The maximum atomic E-state index is 4.40. The van der Waals surface area contributed by atoms with Crippen molar-refractivity contribution in [2.24, 2.45) is 0 Å². The predicted molar refractivity (Wildman–Crippen MR) is 118 cm³/mol. The lowest BCUT2D eigenvalue weighted by Crippen LogP contribution is -2.06. The SMILES string of the molecule is CC/C=C\c1c(CNSc2ccc(C#Cc3ccccn3)cc2)ccnc1C. The molecule has 2 aromatic heterocycles. The van der Waals surface area contributed by atoms with Crippen LogP contribution in [0.1, 0.15) is 41.4 Å². The van der Waals surface area contributed by atoms with Crippen LogP contribution >= 0.6 is 11.9 Å². The number of aryl methyl sites for hydroxylation is 1. The normalized spacial score (nSPS) is 10.6. The van der Waals surface area contributed by atoms with Gasteiger partial charge in [0.2, 0.25) is 0 Å². The zero-order chi connectivity index (χ0) is 19.6. The van der Waals surface area contributed by atoms with E-state index in [1.807, 2.05) is 36.5 Å². The maximum Gasteiger partial charge on any atom is 0.113 e. The Morgan fingerprint density at radius 3 is 2.61 bits per heavy atom. The Labute approximate surface area is 171 Å². The zero-order valence-electron chi connectivity index (χ0n) is 16.1. The average molecular weight is 386 g/mol. The minimum atomic E-state index is 0.776. The third-order valence-electron chi connectivity index (χ3n) is 4.11. The summed E-state index contributed by atoms with van der Waals surface area (Å²) in [7, 11) is 0. The van der Waals surface area contributed by atoms with Gasteiger partial charge in [-0.25, -0.2) is 4.98 Å². The van der Waals surface area contributed by atoms with Crippen molar-refractivity contribution < 1.29 is 0 Å². The summed E-state index contributed by atoms with van der Waals surface area (Å²) in [6.45, 7) is 4.97. The van der Waals surface area contributed by atoms with Crippen molar-refractivity contribution in [1.29, 1.82) is 0 Å². The molecule has 0 atom stereocenters. The number of hydrogen-bond acceptors (Lipinski definition) is 4. The van der Waals surface area contributed by atoms with Gasteiger partial charge in [0.15, 0.2) is 0 Å². The minimum Gasteiger partial charge on any atom is -0.261 e. The van der Waals surface area contributed by atoms with Crippen LogP contribution in [-0.4, -0.2) is 9.97 Å². The Balaban J connectivity index is 1.58. The fraction of sp³-hybridized carbons (Fsp3) is 0.167. The molecule has 140 valence electrons. The van der Waals surface area contributed by atoms with Crippen LogP contribution in [0.5, 0.6) is 0 Å². The second-order valence-electron chi connectivity index (χ2n) is 6.19. The number of rotatable bonds is 6. The van der Waals surface area contributed by atoms with E-state index in [9.17, 15) is 0 Å². The van der Waals surface area contributed by atoms with Crippen LogP contribution in [0.25, 0.3) is 6.08 Å². The molecule has 0 aliphatic carbocycles. The highest BCUT2D eigenvalue weighted by Crippen LogP contribution is 2.19. The van der Waals surface area contributed by atoms with Crippen LogP contribution in [0.3, 0.4) is 0 Å². The summed E-state index contributed by atoms with van der Waals surface area (Å²) in [4.78, 5) is 9.77. The lowest BCUT2D eigenvalue weighted by Gasteiger charge is -2.09. The van der Waals surface area contributed by atoms with Gasteiger partial charge in [-0.05, 0) is 84.8 Å². The molecular weight excluding hydrogens is 362 g/mol. The smallest absolute Gasteiger partial charge is 0.113 e. The van der Waals surface area contributed by atoms with Gasteiger partial charge in [-0.2, -0.15) is 0 Å². The molecule has 0 saturated carbocycles. The fourth-order valence-corrected chi connectivity index (χ4v) is 3.29. The van der Waals surface area contributed by atoms with Gasteiger partial charge in [0, 0.05) is 35.1 Å². The van der Waals surface area contributed by atoms with E-state index in [1.165, 1.54) is 11.1 Å². The maximum absolute atomic E-state index is 4.40. The van der Waals surface area contributed by atoms with Crippen molar-refractivity contribution >= 4 is 18.0 Å². The molecule has 0 aliphatic heterocycles. The molecule has 0 radical (unpaired) electrons. The number of benzene rings is 1. The van der Waals surface area contributed by atoms with Gasteiger partial charge >= 0.3 is 0 Å². The summed E-state index contributed by atoms with van der Waals surface area (Å²) in [6, 6.07) is 16.0. The van der Waals surface area contributed by atoms with E-state index >= 15 is 0 Å². The highest BCUT2D eigenvalue weighted by Gasteiger charge is 2.04. The molecule has 0 spiro atoms. The van der Waals surface area contributed by atoms with Crippen LogP contribution in [0.4, 0.5) is 0 Å². The number of allylic oxidation sites excluding steroid dienone is 1. The van der Waals surface area contributed by atoms with Crippen LogP contribution in [-0.2, 0) is 6.54 Å². The quantitative estimate of drug-likeness (QED) is 0.455. The van der Waals surface area contributed by atoms with E-state index in [-0.39, 0.29) is 0 Å². The van der Waals surface area contributed by atoms with E-state index in [1.54, 1.807) is 18.1 Å². The van der Waals surface area contributed by atoms with Crippen molar-refractivity contribution in [2.75, 3.05) is 0 Å². The lowest BCUT2D eigenvalue weighted by molar-refractivity contribution is 0.956. The van der Waals surface area contributed by atoms with Gasteiger partial charge in [-0.1, -0.05) is 31.1 Å². The Morgan fingerprint density at radius 2 is 1.86 bits per heavy atom. The Hall–Kier alpha value is -2.87. The van der Waals surface area contributed by atoms with Crippen molar-refractivity contribution in [3.05, 3.63) is 95.1 Å². The molecule has 28 heavy (non-hydrogen) atoms. The number of hydrogen-bond donors (Lipinski definition) is 1. The Bertz CT molecular complexity index is 984. The van der Waals surface area contributed by atoms with Gasteiger partial charge in [0.05, 0.1) is 0 Å². The monoisotopic (exact) mass is 385 g/mol. The van der Waals surface area contributed by atoms with Crippen LogP contribution in [0, 0.1) is 18.8 Å². The topological polar surface area (TPSA) is 37.8 Å². The second kappa shape index (κ2) is 10.5. The highest BCUT2D eigenvalue weighted by atomic mass is 32.2. The summed E-state index contributed by atoms with van der Waals surface area (Å²) >= 11 is 1.62. The summed E-state index contributed by atoms with van der Waals surface area (Å²) in [5, 5.41) is 0. The number of pyridine rings is 2. The molecular formula is C24H23N3S. The van der Waals surface area contributed by atoms with E-state index in [0.717, 1.165) is 34.8 Å². The van der Waals surface area contributed by atoms with Crippen LogP contribution in [0.15, 0.2) is 71.9 Å². The van der Waals surface area contributed by atoms with Crippen molar-refractivity contribution in [3.8, 4) is 11.8 Å². The molecule has 0 aliphatic rings. The third-order valence-corrected chi connectivity index (χ3v) is 4.90. The number of nitrogens with one attached hydrogen (secondary N) is 1. The summed E-state index contributed by atoms with van der Waals surface area (Å²) in [5.41, 5.74) is 5.28. The second-order valence-corrected chi connectivity index (χ2v) is 7.16. The van der Waals surface area contributed by atoms with Crippen LogP contribution in [0.2, 0.25) is 0 Å². The van der Waals surface area contributed by atoms with Crippen molar-refractivity contribution in [1.82, 2.24) is 14.7 Å². The van der Waals surface area contributed by atoms with Gasteiger partial charge in [-0.15, -0.1) is 0 Å². The van der Waals surface area contributed by atoms with E-state index in [4.69, 9.17) is 0 Å². The third kappa shape index (κ3) is 5.82. The first-order valence-electron chi connectivity index (χ1n) is 9.30. The molecule has 0 bridgehead atoms. The molecule has 0 amide bonds. The largest absolute Gasteiger partial charge is 0.261 e. The molecule has 0 saturated heterocycles. The van der Waals surface area contributed by atoms with Gasteiger partial charge in [0.25, 0.3) is 0 Å². The zero-order valence-corrected chi connectivity index (χ0v) is 17.0. The van der Waals surface area contributed by atoms with Gasteiger partial charge in [0.1, 0.15) is 5.69 Å². The van der Waals surface area contributed by atoms with Crippen LogP contribution < -0.4 is 4.72 Å². The van der Waals surface area contributed by atoms with E-state index in [2.05, 4.69) is 70.7 Å². The molecule has 3 aromatic rings. The van der Waals surface area contributed by atoms with Crippen molar-refractivity contribution in [3.63, 3.8) is 0 Å². The first-order chi connectivity index (χ1) is 13.8. The first-order valence-corrected chi connectivity index (χ1v) is 10.1. The molecule has 3 nitrogen and oxygen atoms in total. The van der Waals surface area contributed by atoms with E-state index in [0.29, 0.717) is 0 Å². The molecule has 2 heterocycles. The molecule has 1 aromatic carbocycles. The molecule has 1 N–H and O–H groups in total. The molecule has 0 unspecified atom stereocenters. The lowest BCUT2D eigenvalue weighted by atomic mass is 10.1. The number of nitrogens with zero attached hydrogens (tertiary/aromatic N) is 2. The average Bonchev–Trinajstić information content (AvgIpc) is 2.73. The summed E-state index contributed by atoms with van der Waals surface area (Å²) < 4.78 is 3.45. The Kier molecular flexibility index (Phi) is 7.43. The minimum absolute atomic E-state index is 0.776. The fourth-order valence-electron chi connectivity index (χ4n) is 2.62. The predicted octanol–water partition coefficient (Wildman–Crippen LogP) is 5.40. The van der Waals surface area contributed by atoms with Gasteiger partial charge in [-0.3, -0.25) is 9.71 Å². The number of aromatic nitrogens is 2. The summed E-state index contributed by atoms with van der Waals surface area (Å²) in [6.07, 6.45) is 8.98. The first kappa shape index (κ1) is 19.9. The summed E-state index contributed by atoms with van der Waals surface area (Å²) in [5.74, 6) is 6.22. The Morgan fingerprint density at radius 1 is 1.00 bits per heavy atom. The highest BCUT2D eigenvalue weighted by molar-refractivity contribution is 7.97. The molecule has 3 rings (SSSR count).